The van der Waals surface area contributed by atoms with Gasteiger partial charge in [-0.25, -0.2) is 0 Å². The van der Waals surface area contributed by atoms with Gasteiger partial charge in [0.1, 0.15) is 5.75 Å². The van der Waals surface area contributed by atoms with E-state index in [0.717, 1.165) is 35.3 Å². The predicted octanol–water partition coefficient (Wildman–Crippen LogP) is 4.95. The molecule has 0 saturated heterocycles. The number of allylic oxidation sites excluding steroid dienone is 2. The van der Waals surface area contributed by atoms with Crippen molar-refractivity contribution in [3.05, 3.63) is 41.3 Å². The quantitative estimate of drug-likeness (QED) is 0.422. The van der Waals surface area contributed by atoms with Crippen LogP contribution in [0.15, 0.2) is 35.7 Å². The van der Waals surface area contributed by atoms with Gasteiger partial charge in [-0.1, -0.05) is 12.2 Å². The smallest absolute Gasteiger partial charge is 0.303 e. The number of carboxylic acid groups (broad SMARTS) is 1. The Balaban J connectivity index is 1.40. The third-order valence-corrected chi connectivity index (χ3v) is 7.35. The van der Waals surface area contributed by atoms with Crippen molar-refractivity contribution in [2.75, 3.05) is 0 Å². The molecule has 0 radical (unpaired) electrons. The molecule has 3 saturated carbocycles. The number of phenolic OH excluding ortho intramolecular Hbond substituents is 1. The maximum atomic E-state index is 13.0. The van der Waals surface area contributed by atoms with Gasteiger partial charge in [-0.15, -0.1) is 11.3 Å². The van der Waals surface area contributed by atoms with E-state index in [9.17, 15) is 14.7 Å². The summed E-state index contributed by atoms with van der Waals surface area (Å²) in [5, 5.41) is 24.5. The molecule has 3 aliphatic rings. The Morgan fingerprint density at radius 3 is 2.83 bits per heavy atom. The summed E-state index contributed by atoms with van der Waals surface area (Å²) in [4.78, 5) is 23.6. The standard InChI is InChI=1S/C23H27NO4S/c25-17-7-8-20-18(12-17)19(13-29-20)23(28)24-22-15(9-14-10-16(22)11-14)5-3-1-2-4-6-21(26)27/h1,3,7-8,12-16,22,25H,2,4-6,9-11H2,(H,24,28)(H,26,27)/t14?,15-,16?,22+/m1/s1. The van der Waals surface area contributed by atoms with Crippen LogP contribution in [0.4, 0.5) is 0 Å². The number of fused-ring (bicyclic) bond motifs is 3. The number of rotatable bonds is 8. The van der Waals surface area contributed by atoms with Crippen LogP contribution in [0.25, 0.3) is 10.1 Å². The first-order valence-corrected chi connectivity index (χ1v) is 11.3. The Bertz CT molecular complexity index is 928. The molecule has 0 aliphatic heterocycles. The number of nitrogens with one attached hydrogen (secondary N) is 1. The number of aliphatic carboxylic acids is 1. The van der Waals surface area contributed by atoms with Crippen LogP contribution in [0.5, 0.6) is 5.75 Å². The van der Waals surface area contributed by atoms with Gasteiger partial charge < -0.3 is 15.5 Å². The van der Waals surface area contributed by atoms with E-state index in [1.54, 1.807) is 12.1 Å². The van der Waals surface area contributed by atoms with Crippen molar-refractivity contribution in [1.82, 2.24) is 5.32 Å². The highest BCUT2D eigenvalue weighted by Crippen LogP contribution is 2.49. The molecule has 0 spiro atoms. The zero-order valence-corrected chi connectivity index (χ0v) is 17.2. The molecule has 2 bridgehead atoms. The SMILES string of the molecule is O=C(O)CCCC=CC[C@@H]1CC2CC(C2)[C@H]1NC(=O)c1csc2ccc(O)cc12. The topological polar surface area (TPSA) is 86.6 Å². The summed E-state index contributed by atoms with van der Waals surface area (Å²) >= 11 is 1.52. The lowest BCUT2D eigenvalue weighted by Crippen LogP contribution is -2.54. The summed E-state index contributed by atoms with van der Waals surface area (Å²) in [6.45, 7) is 0. The molecule has 3 fully saturated rings. The van der Waals surface area contributed by atoms with Gasteiger partial charge in [-0.2, -0.15) is 0 Å². The summed E-state index contributed by atoms with van der Waals surface area (Å²) in [6.07, 6.45) is 10.4. The number of benzene rings is 1. The minimum atomic E-state index is -0.747. The van der Waals surface area contributed by atoms with E-state index in [4.69, 9.17) is 5.11 Å². The Kier molecular flexibility index (Phi) is 5.90. The van der Waals surface area contributed by atoms with Crippen LogP contribution in [0.3, 0.4) is 0 Å². The molecule has 1 aromatic heterocycles. The molecule has 29 heavy (non-hydrogen) atoms. The fourth-order valence-corrected chi connectivity index (χ4v) is 5.81. The molecule has 3 aliphatic carbocycles. The Morgan fingerprint density at radius 1 is 1.21 bits per heavy atom. The lowest BCUT2D eigenvalue weighted by atomic mass is 9.58. The van der Waals surface area contributed by atoms with Crippen molar-refractivity contribution < 1.29 is 19.8 Å². The van der Waals surface area contributed by atoms with Gasteiger partial charge in [0, 0.05) is 27.9 Å². The fraction of sp³-hybridized carbons (Fsp3) is 0.478. The molecule has 0 unspecified atom stereocenters. The number of carbonyl (C=O) groups excluding carboxylic acids is 1. The second-order valence-corrected chi connectivity index (χ2v) is 9.33. The summed E-state index contributed by atoms with van der Waals surface area (Å²) in [5.74, 6) is 1.16. The second-order valence-electron chi connectivity index (χ2n) is 8.42. The average molecular weight is 414 g/mol. The molecule has 3 N–H and O–H groups in total. The third-order valence-electron chi connectivity index (χ3n) is 6.39. The molecule has 154 valence electrons. The number of amides is 1. The number of carboxylic acids is 1. The van der Waals surface area contributed by atoms with Crippen molar-refractivity contribution in [2.45, 2.75) is 51.0 Å². The number of hydrogen-bond acceptors (Lipinski definition) is 4. The molecule has 2 atom stereocenters. The second kappa shape index (κ2) is 8.57. The van der Waals surface area contributed by atoms with Crippen LogP contribution in [0.1, 0.15) is 55.3 Å². The molecule has 6 heteroatoms. The molecule has 1 amide bonds. The Hall–Kier alpha value is -2.34. The number of unbranched alkanes of at least 4 members (excludes halogenated alkanes) is 1. The normalized spacial score (nSPS) is 25.8. The van der Waals surface area contributed by atoms with Gasteiger partial charge in [-0.3, -0.25) is 9.59 Å². The first-order valence-electron chi connectivity index (χ1n) is 10.4. The van der Waals surface area contributed by atoms with E-state index in [0.29, 0.717) is 23.8 Å². The average Bonchev–Trinajstić information content (AvgIpc) is 3.07. The number of thiophene rings is 1. The highest BCUT2D eigenvalue weighted by Gasteiger charge is 2.45. The van der Waals surface area contributed by atoms with Crippen molar-refractivity contribution in [2.24, 2.45) is 17.8 Å². The van der Waals surface area contributed by atoms with Crippen molar-refractivity contribution in [3.8, 4) is 5.75 Å². The van der Waals surface area contributed by atoms with Gasteiger partial charge in [0.15, 0.2) is 0 Å². The van der Waals surface area contributed by atoms with E-state index in [1.165, 1.54) is 24.2 Å². The lowest BCUT2D eigenvalue weighted by molar-refractivity contribution is -0.137. The van der Waals surface area contributed by atoms with E-state index in [1.807, 2.05) is 11.4 Å². The molecule has 1 aromatic carbocycles. The molecule has 2 aromatic rings. The highest BCUT2D eigenvalue weighted by molar-refractivity contribution is 7.17. The Morgan fingerprint density at radius 2 is 2.03 bits per heavy atom. The molecule has 1 heterocycles. The van der Waals surface area contributed by atoms with E-state index < -0.39 is 5.97 Å². The van der Waals surface area contributed by atoms with Gasteiger partial charge in [0.25, 0.3) is 5.91 Å². The predicted molar refractivity (Wildman–Crippen MR) is 114 cm³/mol. The van der Waals surface area contributed by atoms with Crippen LogP contribution in [-0.2, 0) is 4.79 Å². The van der Waals surface area contributed by atoms with Crippen LogP contribution in [-0.4, -0.2) is 28.1 Å². The van der Waals surface area contributed by atoms with Gasteiger partial charge >= 0.3 is 5.97 Å². The van der Waals surface area contributed by atoms with E-state index >= 15 is 0 Å². The highest BCUT2D eigenvalue weighted by atomic mass is 32.1. The summed E-state index contributed by atoms with van der Waals surface area (Å²) in [7, 11) is 0. The summed E-state index contributed by atoms with van der Waals surface area (Å²) in [6, 6.07) is 5.34. The van der Waals surface area contributed by atoms with Crippen LogP contribution >= 0.6 is 11.3 Å². The third kappa shape index (κ3) is 4.47. The zero-order valence-electron chi connectivity index (χ0n) is 16.3. The Labute approximate surface area is 174 Å². The van der Waals surface area contributed by atoms with E-state index in [2.05, 4.69) is 17.5 Å². The largest absolute Gasteiger partial charge is 0.508 e. The lowest BCUT2D eigenvalue weighted by Gasteiger charge is -2.51. The zero-order chi connectivity index (χ0) is 20.4. The maximum absolute atomic E-state index is 13.0. The number of phenols is 1. The van der Waals surface area contributed by atoms with Crippen LogP contribution < -0.4 is 5.32 Å². The fourth-order valence-electron chi connectivity index (χ4n) is 4.89. The minimum Gasteiger partial charge on any atom is -0.508 e. The number of carbonyl (C=O) groups is 2. The van der Waals surface area contributed by atoms with Gasteiger partial charge in [0.2, 0.25) is 0 Å². The number of hydrogen-bond donors (Lipinski definition) is 3. The molecule has 5 nitrogen and oxygen atoms in total. The molecular weight excluding hydrogens is 386 g/mol. The monoisotopic (exact) mass is 413 g/mol. The first-order chi connectivity index (χ1) is 14.0. The molecule has 5 rings (SSSR count). The van der Waals surface area contributed by atoms with Crippen LogP contribution in [0.2, 0.25) is 0 Å². The summed E-state index contributed by atoms with van der Waals surface area (Å²) < 4.78 is 1.00. The van der Waals surface area contributed by atoms with Crippen LogP contribution in [0, 0.1) is 17.8 Å². The van der Waals surface area contributed by atoms with Gasteiger partial charge in [0.05, 0.1) is 5.56 Å². The maximum Gasteiger partial charge on any atom is 0.303 e. The van der Waals surface area contributed by atoms with Crippen molar-refractivity contribution >= 4 is 33.3 Å². The van der Waals surface area contributed by atoms with Crippen molar-refractivity contribution in [3.63, 3.8) is 0 Å². The summed E-state index contributed by atoms with van der Waals surface area (Å²) in [5.41, 5.74) is 0.644. The molecular formula is C23H27NO4S. The minimum absolute atomic E-state index is 0.0485. The number of aromatic hydroxyl groups is 1. The first kappa shape index (κ1) is 20.0. The van der Waals surface area contributed by atoms with E-state index in [-0.39, 0.29) is 24.1 Å². The van der Waals surface area contributed by atoms with Crippen molar-refractivity contribution in [1.29, 1.82) is 0 Å². The van der Waals surface area contributed by atoms with Gasteiger partial charge in [-0.05, 0) is 74.5 Å².